The summed E-state index contributed by atoms with van der Waals surface area (Å²) in [6.07, 6.45) is 0.452. The van der Waals surface area contributed by atoms with Crippen LogP contribution in [-0.4, -0.2) is 25.6 Å². The molecular weight excluding hydrogens is 534 g/mol. The molecule has 0 saturated carbocycles. The molecule has 1 N–H and O–H groups in total. The van der Waals surface area contributed by atoms with Gasteiger partial charge in [-0.2, -0.15) is 0 Å². The van der Waals surface area contributed by atoms with Crippen molar-refractivity contribution in [1.29, 1.82) is 0 Å². The van der Waals surface area contributed by atoms with Crippen LogP contribution in [0.4, 0.5) is 5.69 Å². The molecule has 1 amide bonds. The third kappa shape index (κ3) is 6.88. The molecule has 0 radical (unpaired) electrons. The number of aryl methyl sites for hydroxylation is 2. The minimum atomic E-state index is -0.564. The van der Waals surface area contributed by atoms with Crippen LogP contribution in [0.15, 0.2) is 108 Å². The second-order valence-corrected chi connectivity index (χ2v) is 10.8. The molecule has 206 valence electrons. The van der Waals surface area contributed by atoms with Crippen LogP contribution in [0.5, 0.6) is 0 Å². The van der Waals surface area contributed by atoms with Crippen LogP contribution in [0.2, 0.25) is 0 Å². The number of rotatable bonds is 10. The van der Waals surface area contributed by atoms with E-state index in [9.17, 15) is 14.9 Å². The topological polar surface area (TPSA) is 103 Å². The van der Waals surface area contributed by atoms with E-state index in [1.807, 2.05) is 72.2 Å². The Morgan fingerprint density at radius 3 is 2.34 bits per heavy atom. The number of hydrogen-bond donors (Lipinski definition) is 1. The number of non-ortho nitro benzene ring substituents is 1. The molecular formula is C32H29N5O3S. The number of hydrogen-bond acceptors (Lipinski definition) is 6. The minimum absolute atomic E-state index is 0.144. The van der Waals surface area contributed by atoms with Crippen LogP contribution >= 0.6 is 11.8 Å². The summed E-state index contributed by atoms with van der Waals surface area (Å²) in [6, 6.07) is 31.4. The number of aromatic nitrogens is 3. The summed E-state index contributed by atoms with van der Waals surface area (Å²) in [6.45, 7) is 4.10. The molecule has 5 rings (SSSR count). The summed E-state index contributed by atoms with van der Waals surface area (Å²) in [5, 5.41) is 24.3. The molecule has 0 aliphatic rings. The molecule has 1 heterocycles. The number of nitro benzene ring substituents is 1. The van der Waals surface area contributed by atoms with E-state index in [0.29, 0.717) is 23.2 Å². The van der Waals surface area contributed by atoms with Gasteiger partial charge in [-0.25, -0.2) is 0 Å². The van der Waals surface area contributed by atoms with E-state index in [2.05, 4.69) is 40.6 Å². The standard InChI is InChI=1S/C32H29N5O3S/c1-22-14-16-27(17-15-22)36-30(34-35-32(36)41-21-25-11-6-8-23(2)18-25)29(19-24-9-4-3-5-10-24)33-31(38)26-12-7-13-28(20-26)37(39)40/h3-18,20,29H,19,21H2,1-2H3,(H,33,38). The number of thioether (sulfide) groups is 1. The first-order valence-electron chi connectivity index (χ1n) is 13.2. The lowest BCUT2D eigenvalue weighted by Crippen LogP contribution is -2.32. The first-order chi connectivity index (χ1) is 19.9. The summed E-state index contributed by atoms with van der Waals surface area (Å²) < 4.78 is 1.99. The van der Waals surface area contributed by atoms with Gasteiger partial charge >= 0.3 is 0 Å². The third-order valence-electron chi connectivity index (χ3n) is 6.62. The van der Waals surface area contributed by atoms with Crippen LogP contribution in [0.3, 0.4) is 0 Å². The summed E-state index contributed by atoms with van der Waals surface area (Å²) >= 11 is 1.57. The van der Waals surface area contributed by atoms with Gasteiger partial charge in [0.2, 0.25) is 0 Å². The van der Waals surface area contributed by atoms with Gasteiger partial charge in [-0.05, 0) is 49.6 Å². The fourth-order valence-corrected chi connectivity index (χ4v) is 5.45. The average molecular weight is 564 g/mol. The van der Waals surface area contributed by atoms with Crippen LogP contribution < -0.4 is 5.32 Å². The Balaban J connectivity index is 1.54. The molecule has 0 spiro atoms. The minimum Gasteiger partial charge on any atom is -0.342 e. The second-order valence-electron chi connectivity index (χ2n) is 9.81. The molecule has 4 aromatic carbocycles. The predicted molar refractivity (Wildman–Crippen MR) is 160 cm³/mol. The highest BCUT2D eigenvalue weighted by Gasteiger charge is 2.26. The summed E-state index contributed by atoms with van der Waals surface area (Å²) in [7, 11) is 0. The predicted octanol–water partition coefficient (Wildman–Crippen LogP) is 6.80. The first kappa shape index (κ1) is 27.8. The van der Waals surface area contributed by atoms with Gasteiger partial charge in [-0.3, -0.25) is 19.5 Å². The molecule has 1 atom stereocenters. The monoisotopic (exact) mass is 563 g/mol. The Kier molecular flexibility index (Phi) is 8.55. The normalized spacial score (nSPS) is 11.7. The maximum atomic E-state index is 13.4. The number of carbonyl (C=O) groups excluding carboxylic acids is 1. The fraction of sp³-hybridized carbons (Fsp3) is 0.156. The molecule has 1 aromatic heterocycles. The van der Waals surface area contributed by atoms with Gasteiger partial charge in [0, 0.05) is 29.1 Å². The summed E-state index contributed by atoms with van der Waals surface area (Å²) in [4.78, 5) is 24.3. The SMILES string of the molecule is Cc1ccc(-n2c(SCc3cccc(C)c3)nnc2C(Cc2ccccc2)NC(=O)c2cccc([N+](=O)[O-])c2)cc1. The van der Waals surface area contributed by atoms with Crippen molar-refractivity contribution in [1.82, 2.24) is 20.1 Å². The zero-order chi connectivity index (χ0) is 28.8. The Morgan fingerprint density at radius 1 is 0.878 bits per heavy atom. The van der Waals surface area contributed by atoms with Crippen molar-refractivity contribution in [2.75, 3.05) is 0 Å². The van der Waals surface area contributed by atoms with Gasteiger partial charge in [0.1, 0.15) is 0 Å². The van der Waals surface area contributed by atoms with Crippen LogP contribution in [-0.2, 0) is 12.2 Å². The lowest BCUT2D eigenvalue weighted by atomic mass is 10.0. The highest BCUT2D eigenvalue weighted by molar-refractivity contribution is 7.98. The molecule has 0 saturated heterocycles. The van der Waals surface area contributed by atoms with Crippen LogP contribution in [0.1, 0.15) is 44.5 Å². The van der Waals surface area contributed by atoms with E-state index < -0.39 is 16.9 Å². The number of nitro groups is 1. The maximum absolute atomic E-state index is 13.4. The highest BCUT2D eigenvalue weighted by Crippen LogP contribution is 2.30. The molecule has 41 heavy (non-hydrogen) atoms. The van der Waals surface area contributed by atoms with Crippen molar-refractivity contribution in [3.8, 4) is 5.69 Å². The highest BCUT2D eigenvalue weighted by atomic mass is 32.2. The Labute approximate surface area is 242 Å². The lowest BCUT2D eigenvalue weighted by Gasteiger charge is -2.20. The molecule has 5 aromatic rings. The third-order valence-corrected chi connectivity index (χ3v) is 7.62. The quantitative estimate of drug-likeness (QED) is 0.114. The molecule has 1 unspecified atom stereocenters. The Bertz CT molecular complexity index is 1670. The largest absolute Gasteiger partial charge is 0.342 e. The fourth-order valence-electron chi connectivity index (χ4n) is 4.55. The van der Waals surface area contributed by atoms with Crippen molar-refractivity contribution < 1.29 is 9.72 Å². The Morgan fingerprint density at radius 2 is 1.61 bits per heavy atom. The second kappa shape index (κ2) is 12.6. The van der Waals surface area contributed by atoms with Gasteiger partial charge in [0.25, 0.3) is 11.6 Å². The summed E-state index contributed by atoms with van der Waals surface area (Å²) in [5.41, 5.74) is 5.43. The van der Waals surface area contributed by atoms with E-state index in [1.165, 1.54) is 29.3 Å². The summed E-state index contributed by atoms with van der Waals surface area (Å²) in [5.74, 6) is 0.847. The molecule has 0 bridgehead atoms. The molecule has 0 fully saturated rings. The van der Waals surface area contributed by atoms with Gasteiger partial charge in [-0.15, -0.1) is 10.2 Å². The molecule has 9 heteroatoms. The van der Waals surface area contributed by atoms with Gasteiger partial charge in [0.05, 0.1) is 11.0 Å². The first-order valence-corrected chi connectivity index (χ1v) is 14.2. The van der Waals surface area contributed by atoms with Crippen LogP contribution in [0, 0.1) is 24.0 Å². The van der Waals surface area contributed by atoms with Crippen molar-refractivity contribution in [3.63, 3.8) is 0 Å². The van der Waals surface area contributed by atoms with E-state index in [-0.39, 0.29) is 11.3 Å². The number of carbonyl (C=O) groups is 1. The van der Waals surface area contributed by atoms with Crippen molar-refractivity contribution in [3.05, 3.63) is 147 Å². The smallest absolute Gasteiger partial charge is 0.270 e. The van der Waals surface area contributed by atoms with E-state index in [1.54, 1.807) is 17.8 Å². The van der Waals surface area contributed by atoms with Gasteiger partial charge in [-0.1, -0.05) is 95.7 Å². The van der Waals surface area contributed by atoms with Gasteiger partial charge < -0.3 is 5.32 Å². The zero-order valence-electron chi connectivity index (χ0n) is 22.7. The molecule has 0 aliphatic heterocycles. The maximum Gasteiger partial charge on any atom is 0.270 e. The van der Waals surface area contributed by atoms with E-state index >= 15 is 0 Å². The van der Waals surface area contributed by atoms with Gasteiger partial charge in [0.15, 0.2) is 11.0 Å². The van der Waals surface area contributed by atoms with E-state index in [4.69, 9.17) is 0 Å². The van der Waals surface area contributed by atoms with Crippen molar-refractivity contribution in [2.24, 2.45) is 0 Å². The zero-order valence-corrected chi connectivity index (χ0v) is 23.5. The average Bonchev–Trinajstić information content (AvgIpc) is 3.40. The number of nitrogens with one attached hydrogen (secondary N) is 1. The number of nitrogens with zero attached hydrogens (tertiary/aromatic N) is 4. The van der Waals surface area contributed by atoms with E-state index in [0.717, 1.165) is 16.8 Å². The molecule has 8 nitrogen and oxygen atoms in total. The lowest BCUT2D eigenvalue weighted by molar-refractivity contribution is -0.384. The molecule has 0 aliphatic carbocycles. The van der Waals surface area contributed by atoms with Crippen molar-refractivity contribution >= 4 is 23.4 Å². The van der Waals surface area contributed by atoms with Crippen LogP contribution in [0.25, 0.3) is 5.69 Å². The number of benzene rings is 4. The number of amides is 1. The Hall–Kier alpha value is -4.76. The van der Waals surface area contributed by atoms with Crippen molar-refractivity contribution in [2.45, 2.75) is 37.2 Å².